The Morgan fingerprint density at radius 2 is 1.93 bits per heavy atom. The van der Waals surface area contributed by atoms with E-state index in [4.69, 9.17) is 4.74 Å². The van der Waals surface area contributed by atoms with Crippen LogP contribution in [0.5, 0.6) is 5.75 Å². The van der Waals surface area contributed by atoms with Crippen molar-refractivity contribution in [1.82, 2.24) is 10.3 Å². The van der Waals surface area contributed by atoms with Crippen LogP contribution in [0.25, 0.3) is 21.7 Å². The van der Waals surface area contributed by atoms with Crippen LogP contribution < -0.4 is 10.1 Å². The minimum Gasteiger partial charge on any atom is -0.489 e. The fourth-order valence-electron chi connectivity index (χ4n) is 4.00. The van der Waals surface area contributed by atoms with E-state index in [1.54, 1.807) is 0 Å². The first kappa shape index (κ1) is 16.8. The fraction of sp³-hybridized carbons (Fsp3) is 0.174. The van der Waals surface area contributed by atoms with Gasteiger partial charge in [-0.2, -0.15) is 0 Å². The molecule has 0 amide bonds. The highest BCUT2D eigenvalue weighted by Gasteiger charge is 2.29. The lowest BCUT2D eigenvalue weighted by molar-refractivity contribution is -0.139. The minimum atomic E-state index is -0.861. The second kappa shape index (κ2) is 6.69. The number of aromatic nitrogens is 1. The average Bonchev–Trinajstić information content (AvgIpc) is 3.10. The van der Waals surface area contributed by atoms with Crippen LogP contribution in [0.2, 0.25) is 0 Å². The van der Waals surface area contributed by atoms with Gasteiger partial charge in [0.05, 0.1) is 0 Å². The molecule has 0 radical (unpaired) electrons. The summed E-state index contributed by atoms with van der Waals surface area (Å²) in [4.78, 5) is 14.8. The molecule has 0 aliphatic carbocycles. The first-order valence-electron chi connectivity index (χ1n) is 9.40. The van der Waals surface area contributed by atoms with Gasteiger partial charge in [-0.3, -0.25) is 10.1 Å². The largest absolute Gasteiger partial charge is 0.489 e. The third kappa shape index (κ3) is 2.90. The van der Waals surface area contributed by atoms with Crippen LogP contribution in [0.4, 0.5) is 0 Å². The molecule has 2 heterocycles. The lowest BCUT2D eigenvalue weighted by Crippen LogP contribution is -2.34. The van der Waals surface area contributed by atoms with Crippen molar-refractivity contribution in [3.63, 3.8) is 0 Å². The molecular weight excluding hydrogens is 352 g/mol. The molecule has 1 aliphatic heterocycles. The van der Waals surface area contributed by atoms with Gasteiger partial charge in [0, 0.05) is 23.1 Å². The first-order chi connectivity index (χ1) is 13.7. The summed E-state index contributed by atoms with van der Waals surface area (Å²) in [6, 6.07) is 19.8. The summed E-state index contributed by atoms with van der Waals surface area (Å²) >= 11 is 0. The topological polar surface area (TPSA) is 74.4 Å². The smallest absolute Gasteiger partial charge is 0.326 e. The molecule has 1 atom stereocenters. The molecule has 0 saturated carbocycles. The fourth-order valence-corrected chi connectivity index (χ4v) is 4.00. The van der Waals surface area contributed by atoms with Gasteiger partial charge < -0.3 is 14.8 Å². The number of rotatable bonds is 4. The molecular formula is C23H20N2O3. The molecule has 0 saturated heterocycles. The van der Waals surface area contributed by atoms with Crippen molar-refractivity contribution < 1.29 is 14.6 Å². The van der Waals surface area contributed by atoms with Gasteiger partial charge >= 0.3 is 5.97 Å². The number of H-pyrrole nitrogens is 1. The molecule has 1 unspecified atom stereocenters. The van der Waals surface area contributed by atoms with Crippen molar-refractivity contribution >= 4 is 27.6 Å². The summed E-state index contributed by atoms with van der Waals surface area (Å²) in [6.07, 6.45) is 0.799. The Hall–Kier alpha value is -3.31. The Morgan fingerprint density at radius 1 is 1.07 bits per heavy atom. The molecule has 5 nitrogen and oxygen atoms in total. The minimum absolute atomic E-state index is 0.488. The van der Waals surface area contributed by atoms with Crippen LogP contribution in [0, 0.1) is 0 Å². The summed E-state index contributed by atoms with van der Waals surface area (Å²) in [7, 11) is 0. The standard InChI is InChI=1S/C23H20N2O3/c26-23(27)22-21-18(9-10-24-22)19-12-17(7-8-20(19)25-21)28-13-14-5-6-15-3-1-2-4-16(15)11-14/h1-8,11-12,22,24-25H,9-10,13H2,(H,26,27). The lowest BCUT2D eigenvalue weighted by atomic mass is 9.99. The van der Waals surface area contributed by atoms with Gasteiger partial charge in [-0.1, -0.05) is 36.4 Å². The molecule has 1 aliphatic rings. The van der Waals surface area contributed by atoms with E-state index >= 15 is 0 Å². The maximum absolute atomic E-state index is 11.5. The molecule has 5 heteroatoms. The van der Waals surface area contributed by atoms with Gasteiger partial charge in [-0.15, -0.1) is 0 Å². The molecule has 0 bridgehead atoms. The Balaban J connectivity index is 1.42. The number of hydrogen-bond donors (Lipinski definition) is 3. The monoisotopic (exact) mass is 372 g/mol. The van der Waals surface area contributed by atoms with E-state index < -0.39 is 12.0 Å². The molecule has 1 aromatic heterocycles. The van der Waals surface area contributed by atoms with Crippen LogP contribution in [-0.2, 0) is 17.8 Å². The Labute approximate surface area is 161 Å². The molecule has 3 aromatic carbocycles. The van der Waals surface area contributed by atoms with E-state index in [1.165, 1.54) is 10.8 Å². The number of carboxylic acids is 1. The molecule has 3 N–H and O–H groups in total. The van der Waals surface area contributed by atoms with Crippen molar-refractivity contribution in [3.8, 4) is 5.75 Å². The number of hydrogen-bond acceptors (Lipinski definition) is 3. The number of fused-ring (bicyclic) bond motifs is 4. The van der Waals surface area contributed by atoms with Crippen molar-refractivity contribution in [1.29, 1.82) is 0 Å². The maximum Gasteiger partial charge on any atom is 0.326 e. The summed E-state index contributed by atoms with van der Waals surface area (Å²) in [6.45, 7) is 1.14. The van der Waals surface area contributed by atoms with Gasteiger partial charge in [0.1, 0.15) is 18.4 Å². The number of carboxylic acid groups (broad SMARTS) is 1. The Bertz CT molecular complexity index is 1200. The molecule has 0 spiro atoms. The predicted molar refractivity (Wildman–Crippen MR) is 109 cm³/mol. The van der Waals surface area contributed by atoms with E-state index in [9.17, 15) is 9.90 Å². The number of aliphatic carboxylic acids is 1. The van der Waals surface area contributed by atoms with Gasteiger partial charge in [-0.25, -0.2) is 0 Å². The number of aromatic amines is 1. The molecule has 140 valence electrons. The highest BCUT2D eigenvalue weighted by molar-refractivity contribution is 5.89. The Kier molecular flexibility index (Phi) is 4.02. The van der Waals surface area contributed by atoms with Crippen molar-refractivity contribution in [2.75, 3.05) is 6.54 Å². The maximum atomic E-state index is 11.5. The van der Waals surface area contributed by atoms with Crippen molar-refractivity contribution in [3.05, 3.63) is 77.5 Å². The average molecular weight is 372 g/mol. The van der Waals surface area contributed by atoms with Gasteiger partial charge in [-0.05, 0) is 52.6 Å². The highest BCUT2D eigenvalue weighted by atomic mass is 16.5. The van der Waals surface area contributed by atoms with Gasteiger partial charge in [0.25, 0.3) is 0 Å². The van der Waals surface area contributed by atoms with Gasteiger partial charge in [0.2, 0.25) is 0 Å². The SMILES string of the molecule is O=C(O)C1NCCc2c1[nH]c1ccc(OCc3ccc4ccccc4c3)cc21. The zero-order chi connectivity index (χ0) is 19.1. The van der Waals surface area contributed by atoms with Crippen LogP contribution in [0.1, 0.15) is 22.9 Å². The van der Waals surface area contributed by atoms with Crippen LogP contribution in [-0.4, -0.2) is 22.6 Å². The second-order valence-corrected chi connectivity index (χ2v) is 7.17. The molecule has 5 rings (SSSR count). The summed E-state index contributed by atoms with van der Waals surface area (Å²) in [5.41, 5.74) is 3.88. The molecule has 0 fully saturated rings. The second-order valence-electron chi connectivity index (χ2n) is 7.17. The lowest BCUT2D eigenvalue weighted by Gasteiger charge is -2.20. The zero-order valence-corrected chi connectivity index (χ0v) is 15.2. The van der Waals surface area contributed by atoms with Crippen LogP contribution >= 0.6 is 0 Å². The first-order valence-corrected chi connectivity index (χ1v) is 9.40. The number of nitrogens with one attached hydrogen (secondary N) is 2. The highest BCUT2D eigenvalue weighted by Crippen LogP contribution is 2.32. The Morgan fingerprint density at radius 3 is 2.79 bits per heavy atom. The van der Waals surface area contributed by atoms with E-state index in [1.807, 2.05) is 30.3 Å². The summed E-state index contributed by atoms with van der Waals surface area (Å²) in [5.74, 6) is -0.0758. The van der Waals surface area contributed by atoms with E-state index in [2.05, 4.69) is 40.6 Å². The number of benzene rings is 3. The third-order valence-corrected chi connectivity index (χ3v) is 5.39. The zero-order valence-electron chi connectivity index (χ0n) is 15.2. The van der Waals surface area contributed by atoms with Crippen LogP contribution in [0.15, 0.2) is 60.7 Å². The van der Waals surface area contributed by atoms with E-state index in [0.29, 0.717) is 13.2 Å². The summed E-state index contributed by atoms with van der Waals surface area (Å²) < 4.78 is 6.04. The number of carbonyl (C=O) groups is 1. The van der Waals surface area contributed by atoms with Crippen molar-refractivity contribution in [2.24, 2.45) is 0 Å². The summed E-state index contributed by atoms with van der Waals surface area (Å²) in [5, 5.41) is 15.9. The quantitative estimate of drug-likeness (QED) is 0.503. The number of ether oxygens (including phenoxy) is 1. The van der Waals surface area contributed by atoms with Gasteiger partial charge in [0.15, 0.2) is 0 Å². The van der Waals surface area contributed by atoms with Crippen molar-refractivity contribution in [2.45, 2.75) is 19.1 Å². The van der Waals surface area contributed by atoms with E-state index in [0.717, 1.165) is 39.9 Å². The normalized spacial score (nSPS) is 16.2. The molecule has 28 heavy (non-hydrogen) atoms. The molecule has 4 aromatic rings. The van der Waals surface area contributed by atoms with Crippen LogP contribution in [0.3, 0.4) is 0 Å². The third-order valence-electron chi connectivity index (χ3n) is 5.39. The van der Waals surface area contributed by atoms with E-state index in [-0.39, 0.29) is 0 Å². The predicted octanol–water partition coefficient (Wildman–Crippen LogP) is 4.17.